The molecule has 3 N–H and O–H groups in total. The molecular weight excluding hydrogens is 384 g/mol. The zero-order valence-electron chi connectivity index (χ0n) is 15.8. The van der Waals surface area contributed by atoms with Crippen molar-refractivity contribution < 1.29 is 14.4 Å². The quantitative estimate of drug-likeness (QED) is 0.448. The van der Waals surface area contributed by atoms with E-state index in [0.717, 1.165) is 10.9 Å². The van der Waals surface area contributed by atoms with Crippen molar-refractivity contribution in [3.63, 3.8) is 0 Å². The van der Waals surface area contributed by atoms with Gasteiger partial charge >= 0.3 is 0 Å². The summed E-state index contributed by atoms with van der Waals surface area (Å²) in [6.07, 6.45) is 4.82. The molecule has 0 fully saturated rings. The zero-order chi connectivity index (χ0) is 21.1. The van der Waals surface area contributed by atoms with Gasteiger partial charge in [-0.2, -0.15) is 5.10 Å². The summed E-state index contributed by atoms with van der Waals surface area (Å²) in [4.78, 5) is 41.1. The molecule has 9 nitrogen and oxygen atoms in total. The largest absolute Gasteiger partial charge is 0.363 e. The fourth-order valence-corrected chi connectivity index (χ4v) is 3.23. The Labute approximate surface area is 171 Å². The molecule has 0 aliphatic heterocycles. The van der Waals surface area contributed by atoms with Crippen molar-refractivity contribution in [3.8, 4) is 5.82 Å². The summed E-state index contributed by atoms with van der Waals surface area (Å²) in [7, 11) is 0. The van der Waals surface area contributed by atoms with E-state index in [0.29, 0.717) is 5.82 Å². The molecule has 0 aliphatic rings. The van der Waals surface area contributed by atoms with Gasteiger partial charge in [-0.15, -0.1) is 0 Å². The number of rotatable bonds is 7. The monoisotopic (exact) mass is 402 g/mol. The second kappa shape index (κ2) is 8.00. The maximum absolute atomic E-state index is 12.9. The molecule has 3 heterocycles. The van der Waals surface area contributed by atoms with Gasteiger partial charge in [0.1, 0.15) is 11.7 Å². The highest BCUT2D eigenvalue weighted by Gasteiger charge is 2.27. The lowest BCUT2D eigenvalue weighted by Crippen LogP contribution is -2.48. The van der Waals surface area contributed by atoms with Crippen LogP contribution in [0.4, 0.5) is 0 Å². The van der Waals surface area contributed by atoms with E-state index in [4.69, 9.17) is 5.73 Å². The first-order valence-corrected chi connectivity index (χ1v) is 9.18. The first kappa shape index (κ1) is 19.1. The number of carbonyl (C=O) groups is 3. The highest BCUT2D eigenvalue weighted by Crippen LogP contribution is 2.16. The number of pyridine rings is 1. The number of carbonyl (C=O) groups excluding carboxylic acids is 3. The Balaban J connectivity index is 1.62. The van der Waals surface area contributed by atoms with E-state index in [1.165, 1.54) is 16.9 Å². The molecule has 30 heavy (non-hydrogen) atoms. The molecule has 150 valence electrons. The third kappa shape index (κ3) is 3.68. The maximum atomic E-state index is 12.9. The van der Waals surface area contributed by atoms with E-state index >= 15 is 0 Å². The summed E-state index contributed by atoms with van der Waals surface area (Å²) in [6.45, 7) is 0.0543. The van der Waals surface area contributed by atoms with E-state index in [-0.39, 0.29) is 12.2 Å². The number of benzene rings is 1. The number of hydrogen-bond acceptors (Lipinski definition) is 5. The van der Waals surface area contributed by atoms with Crippen LogP contribution >= 0.6 is 0 Å². The Bertz CT molecular complexity index is 1230. The Kier molecular flexibility index (Phi) is 5.08. The number of fused-ring (bicyclic) bond motifs is 1. The third-order valence-electron chi connectivity index (χ3n) is 4.67. The lowest BCUT2D eigenvalue weighted by atomic mass is 10.1. The van der Waals surface area contributed by atoms with E-state index in [1.807, 2.05) is 30.3 Å². The molecule has 1 unspecified atom stereocenters. The number of ketones is 1. The van der Waals surface area contributed by atoms with Crippen LogP contribution in [0.3, 0.4) is 0 Å². The predicted octanol–water partition coefficient (Wildman–Crippen LogP) is 1.07. The van der Waals surface area contributed by atoms with Gasteiger partial charge in [0.15, 0.2) is 5.82 Å². The van der Waals surface area contributed by atoms with E-state index < -0.39 is 23.6 Å². The van der Waals surface area contributed by atoms with Crippen LogP contribution in [0.25, 0.3) is 16.7 Å². The average molecular weight is 402 g/mol. The van der Waals surface area contributed by atoms with Crippen LogP contribution < -0.4 is 11.1 Å². The van der Waals surface area contributed by atoms with Gasteiger partial charge in [0.25, 0.3) is 11.8 Å². The van der Waals surface area contributed by atoms with Gasteiger partial charge in [-0.25, -0.2) is 9.67 Å². The number of primary amides is 1. The van der Waals surface area contributed by atoms with Crippen LogP contribution in [0.15, 0.2) is 73.2 Å². The normalized spacial score (nSPS) is 11.9. The van der Waals surface area contributed by atoms with Crippen molar-refractivity contribution in [3.05, 3.63) is 78.9 Å². The minimum atomic E-state index is -1.14. The number of nitrogens with zero attached hydrogens (tertiary/aromatic N) is 4. The number of hydrogen-bond donors (Lipinski definition) is 2. The Morgan fingerprint density at radius 3 is 2.57 bits per heavy atom. The number of amides is 2. The molecule has 0 saturated heterocycles. The molecular formula is C21H18N6O3. The Morgan fingerprint density at radius 2 is 1.80 bits per heavy atom. The number of Topliss-reactive ketones (excluding diaryl/α,β-unsaturated/α-hetero) is 1. The summed E-state index contributed by atoms with van der Waals surface area (Å²) < 4.78 is 3.14. The molecule has 0 saturated carbocycles. The molecule has 0 aliphatic carbocycles. The molecule has 0 spiro atoms. The number of aromatic nitrogens is 4. The van der Waals surface area contributed by atoms with Crippen LogP contribution in [0, 0.1) is 0 Å². The first-order chi connectivity index (χ1) is 14.5. The van der Waals surface area contributed by atoms with Crippen LogP contribution in [0.5, 0.6) is 0 Å². The summed E-state index contributed by atoms with van der Waals surface area (Å²) in [5.74, 6) is -2.13. The van der Waals surface area contributed by atoms with Crippen LogP contribution in [0.2, 0.25) is 0 Å². The van der Waals surface area contributed by atoms with Gasteiger partial charge in [-0.1, -0.05) is 24.3 Å². The second-order valence-corrected chi connectivity index (χ2v) is 6.60. The fraction of sp³-hybridized carbons (Fsp3) is 0.0952. The smallest absolute Gasteiger partial charge is 0.287 e. The molecule has 9 heteroatoms. The van der Waals surface area contributed by atoms with Crippen molar-refractivity contribution in [2.75, 3.05) is 0 Å². The zero-order valence-corrected chi connectivity index (χ0v) is 15.8. The van der Waals surface area contributed by atoms with Crippen molar-refractivity contribution in [2.45, 2.75) is 12.6 Å². The average Bonchev–Trinajstić information content (AvgIpc) is 3.41. The van der Waals surface area contributed by atoms with Crippen molar-refractivity contribution in [1.29, 1.82) is 0 Å². The van der Waals surface area contributed by atoms with E-state index in [1.54, 1.807) is 35.2 Å². The minimum absolute atomic E-state index is 0.0543. The van der Waals surface area contributed by atoms with Crippen molar-refractivity contribution in [2.24, 2.45) is 5.73 Å². The van der Waals surface area contributed by atoms with Crippen molar-refractivity contribution in [1.82, 2.24) is 24.6 Å². The van der Waals surface area contributed by atoms with Gasteiger partial charge < -0.3 is 15.6 Å². The molecule has 4 rings (SSSR count). The topological polar surface area (TPSA) is 125 Å². The van der Waals surface area contributed by atoms with Crippen LogP contribution in [-0.4, -0.2) is 43.0 Å². The van der Waals surface area contributed by atoms with Gasteiger partial charge in [-0.05, 0) is 35.7 Å². The summed E-state index contributed by atoms with van der Waals surface area (Å²) in [5.41, 5.74) is 6.26. The lowest BCUT2D eigenvalue weighted by molar-refractivity contribution is -0.137. The highest BCUT2D eigenvalue weighted by molar-refractivity contribution is 6.38. The molecule has 4 aromatic rings. The van der Waals surface area contributed by atoms with E-state index in [9.17, 15) is 14.4 Å². The Hall–Kier alpha value is -4.27. The molecule has 0 radical (unpaired) electrons. The molecule has 0 bridgehead atoms. The van der Waals surface area contributed by atoms with Gasteiger partial charge in [0, 0.05) is 17.9 Å². The van der Waals surface area contributed by atoms with Gasteiger partial charge in [-0.3, -0.25) is 14.4 Å². The minimum Gasteiger partial charge on any atom is -0.363 e. The van der Waals surface area contributed by atoms with Crippen molar-refractivity contribution >= 4 is 28.5 Å². The Morgan fingerprint density at radius 1 is 1.00 bits per heavy atom. The molecule has 2 amide bonds. The number of nitrogens with two attached hydrogens (primary N) is 1. The summed E-state index contributed by atoms with van der Waals surface area (Å²) in [5, 5.41) is 7.71. The predicted molar refractivity (Wildman–Crippen MR) is 109 cm³/mol. The number of nitrogens with one attached hydrogen (secondary N) is 1. The summed E-state index contributed by atoms with van der Waals surface area (Å²) >= 11 is 0. The number of para-hydroxylation sites is 1. The van der Waals surface area contributed by atoms with Crippen LogP contribution in [-0.2, 0) is 16.1 Å². The SMILES string of the molecule is NC(=O)C(=O)C(Cn1ccc2ccccc21)NC(=O)c1ccnn1-c1ccccn1. The lowest BCUT2D eigenvalue weighted by Gasteiger charge is -2.18. The molecule has 1 atom stereocenters. The fourth-order valence-electron chi connectivity index (χ4n) is 3.23. The standard InChI is InChI=1S/C21H18N6O3/c22-20(29)19(28)15(13-26-12-9-14-5-1-2-6-16(14)26)25-21(30)17-8-11-24-27(17)18-7-3-4-10-23-18/h1-12,15H,13H2,(H2,22,29)(H,25,30). The summed E-state index contributed by atoms with van der Waals surface area (Å²) in [6, 6.07) is 15.0. The van der Waals surface area contributed by atoms with Crippen LogP contribution in [0.1, 0.15) is 10.5 Å². The molecule has 3 aromatic heterocycles. The highest BCUT2D eigenvalue weighted by atomic mass is 16.2. The first-order valence-electron chi connectivity index (χ1n) is 9.18. The second-order valence-electron chi connectivity index (χ2n) is 6.60. The molecule has 1 aromatic carbocycles. The third-order valence-corrected chi connectivity index (χ3v) is 4.67. The maximum Gasteiger partial charge on any atom is 0.287 e. The van der Waals surface area contributed by atoms with Gasteiger partial charge in [0.05, 0.1) is 12.7 Å². The van der Waals surface area contributed by atoms with E-state index in [2.05, 4.69) is 15.4 Å². The van der Waals surface area contributed by atoms with Gasteiger partial charge in [0.2, 0.25) is 5.78 Å².